The average Bonchev–Trinajstić information content (AvgIpc) is 2.47. The van der Waals surface area contributed by atoms with Gasteiger partial charge in [0, 0.05) is 6.61 Å². The van der Waals surface area contributed by atoms with Crippen LogP contribution in [-0.2, 0) is 4.74 Å². The number of hydrogen-bond donors (Lipinski definition) is 0. The minimum atomic E-state index is 0.483. The topological polar surface area (TPSA) is 9.23 Å². The normalized spacial score (nSPS) is 40.4. The summed E-state index contributed by atoms with van der Waals surface area (Å²) in [6, 6.07) is 0. The summed E-state index contributed by atoms with van der Waals surface area (Å²) in [6.07, 6.45) is 6.08. The zero-order valence-corrected chi connectivity index (χ0v) is 9.18. The number of fused-ring (bicyclic) bond motifs is 1. The minimum absolute atomic E-state index is 0.483. The summed E-state index contributed by atoms with van der Waals surface area (Å²) in [5.41, 5.74) is 0.483. The van der Waals surface area contributed by atoms with Crippen LogP contribution in [0.1, 0.15) is 46.5 Å². The van der Waals surface area contributed by atoms with E-state index in [0.717, 1.165) is 18.4 Å². The van der Waals surface area contributed by atoms with Crippen molar-refractivity contribution in [3.05, 3.63) is 0 Å². The second-order valence-electron chi connectivity index (χ2n) is 5.83. The van der Waals surface area contributed by atoms with E-state index >= 15 is 0 Å². The number of rotatable bonds is 0. The second kappa shape index (κ2) is 3.27. The van der Waals surface area contributed by atoms with Crippen molar-refractivity contribution in [3.63, 3.8) is 0 Å². The lowest BCUT2D eigenvalue weighted by Crippen LogP contribution is -2.33. The largest absolute Gasteiger partial charge is 0.378 e. The van der Waals surface area contributed by atoms with Gasteiger partial charge in [-0.25, -0.2) is 0 Å². The molecule has 0 amide bonds. The van der Waals surface area contributed by atoms with E-state index in [1.807, 2.05) is 0 Å². The van der Waals surface area contributed by atoms with Crippen molar-refractivity contribution < 1.29 is 4.74 Å². The molecule has 13 heavy (non-hydrogen) atoms. The summed E-state index contributed by atoms with van der Waals surface area (Å²) in [7, 11) is 0. The SMILES string of the molecule is CC(C)(C)C1CCC2CCOC2C1. The smallest absolute Gasteiger partial charge is 0.0607 e. The summed E-state index contributed by atoms with van der Waals surface area (Å²) in [5, 5.41) is 0. The summed E-state index contributed by atoms with van der Waals surface area (Å²) in [4.78, 5) is 0. The third kappa shape index (κ3) is 1.90. The average molecular weight is 182 g/mol. The molecule has 0 radical (unpaired) electrons. The van der Waals surface area contributed by atoms with Crippen LogP contribution in [0.3, 0.4) is 0 Å². The molecule has 1 saturated heterocycles. The first-order valence-electron chi connectivity index (χ1n) is 5.69. The molecule has 1 heteroatoms. The van der Waals surface area contributed by atoms with Crippen LogP contribution in [0.15, 0.2) is 0 Å². The fourth-order valence-electron chi connectivity index (χ4n) is 2.88. The van der Waals surface area contributed by atoms with Gasteiger partial charge >= 0.3 is 0 Å². The predicted octanol–water partition coefficient (Wildman–Crippen LogP) is 3.24. The van der Waals surface area contributed by atoms with E-state index in [1.54, 1.807) is 0 Å². The Morgan fingerprint density at radius 3 is 2.54 bits per heavy atom. The van der Waals surface area contributed by atoms with Gasteiger partial charge in [-0.15, -0.1) is 0 Å². The summed E-state index contributed by atoms with van der Waals surface area (Å²) in [5.74, 6) is 1.78. The van der Waals surface area contributed by atoms with E-state index in [1.165, 1.54) is 25.7 Å². The zero-order valence-electron chi connectivity index (χ0n) is 9.18. The molecule has 3 unspecified atom stereocenters. The third-order valence-corrected chi connectivity index (χ3v) is 3.97. The first-order valence-corrected chi connectivity index (χ1v) is 5.69. The Bertz CT molecular complexity index is 180. The first-order chi connectivity index (χ1) is 6.07. The molecule has 1 heterocycles. The zero-order chi connectivity index (χ0) is 9.47. The van der Waals surface area contributed by atoms with Crippen LogP contribution in [-0.4, -0.2) is 12.7 Å². The summed E-state index contributed by atoms with van der Waals surface area (Å²) >= 11 is 0. The molecule has 0 aromatic carbocycles. The van der Waals surface area contributed by atoms with Gasteiger partial charge in [0.15, 0.2) is 0 Å². The predicted molar refractivity (Wildman–Crippen MR) is 54.6 cm³/mol. The fourth-order valence-corrected chi connectivity index (χ4v) is 2.88. The quantitative estimate of drug-likeness (QED) is 0.559. The molecular weight excluding hydrogens is 160 g/mol. The van der Waals surface area contributed by atoms with Gasteiger partial charge in [-0.1, -0.05) is 20.8 Å². The van der Waals surface area contributed by atoms with Crippen molar-refractivity contribution >= 4 is 0 Å². The summed E-state index contributed by atoms with van der Waals surface area (Å²) < 4.78 is 5.78. The van der Waals surface area contributed by atoms with Crippen molar-refractivity contribution in [1.82, 2.24) is 0 Å². The molecule has 1 aliphatic carbocycles. The van der Waals surface area contributed by atoms with Crippen molar-refractivity contribution in [1.29, 1.82) is 0 Å². The molecule has 0 aromatic rings. The Balaban J connectivity index is 1.97. The Labute approximate surface area is 81.9 Å². The van der Waals surface area contributed by atoms with Gasteiger partial charge in [0.1, 0.15) is 0 Å². The maximum absolute atomic E-state index is 5.78. The van der Waals surface area contributed by atoms with Crippen molar-refractivity contribution in [3.8, 4) is 0 Å². The highest BCUT2D eigenvalue weighted by atomic mass is 16.5. The van der Waals surface area contributed by atoms with Crippen LogP contribution in [0.2, 0.25) is 0 Å². The van der Waals surface area contributed by atoms with Gasteiger partial charge in [0.25, 0.3) is 0 Å². The van der Waals surface area contributed by atoms with Crippen LogP contribution in [0.5, 0.6) is 0 Å². The number of hydrogen-bond acceptors (Lipinski definition) is 1. The van der Waals surface area contributed by atoms with E-state index in [-0.39, 0.29) is 0 Å². The van der Waals surface area contributed by atoms with Crippen LogP contribution >= 0.6 is 0 Å². The van der Waals surface area contributed by atoms with E-state index in [0.29, 0.717) is 11.5 Å². The van der Waals surface area contributed by atoms with Crippen LogP contribution in [0.4, 0.5) is 0 Å². The van der Waals surface area contributed by atoms with Crippen LogP contribution in [0.25, 0.3) is 0 Å². The molecule has 76 valence electrons. The Morgan fingerprint density at radius 1 is 1.08 bits per heavy atom. The van der Waals surface area contributed by atoms with Gasteiger partial charge < -0.3 is 4.74 Å². The fraction of sp³-hybridized carbons (Fsp3) is 1.00. The van der Waals surface area contributed by atoms with Crippen LogP contribution in [0, 0.1) is 17.3 Å². The molecule has 0 aromatic heterocycles. The molecule has 1 aliphatic heterocycles. The molecule has 0 bridgehead atoms. The Kier molecular flexibility index (Phi) is 2.39. The minimum Gasteiger partial charge on any atom is -0.378 e. The highest BCUT2D eigenvalue weighted by molar-refractivity contribution is 4.88. The highest BCUT2D eigenvalue weighted by Crippen LogP contribution is 2.43. The standard InChI is InChI=1S/C12H22O/c1-12(2,3)10-5-4-9-6-7-13-11(9)8-10/h9-11H,4-8H2,1-3H3. The lowest BCUT2D eigenvalue weighted by atomic mass is 9.69. The van der Waals surface area contributed by atoms with Gasteiger partial charge in [-0.3, -0.25) is 0 Å². The maximum atomic E-state index is 5.78. The van der Waals surface area contributed by atoms with Gasteiger partial charge in [-0.05, 0) is 42.9 Å². The molecule has 0 N–H and O–H groups in total. The Morgan fingerprint density at radius 2 is 1.85 bits per heavy atom. The summed E-state index contributed by atoms with van der Waals surface area (Å²) in [6.45, 7) is 8.12. The van der Waals surface area contributed by atoms with E-state index in [2.05, 4.69) is 20.8 Å². The van der Waals surface area contributed by atoms with Crippen molar-refractivity contribution in [2.75, 3.05) is 6.61 Å². The lowest BCUT2D eigenvalue weighted by molar-refractivity contribution is 0.0184. The molecule has 2 aliphatic rings. The van der Waals surface area contributed by atoms with Crippen molar-refractivity contribution in [2.45, 2.75) is 52.6 Å². The molecule has 0 spiro atoms. The molecular formula is C12H22O. The molecule has 2 fully saturated rings. The molecule has 1 saturated carbocycles. The van der Waals surface area contributed by atoms with Gasteiger partial charge in [0.2, 0.25) is 0 Å². The third-order valence-electron chi connectivity index (χ3n) is 3.97. The molecule has 2 rings (SSSR count). The lowest BCUT2D eigenvalue weighted by Gasteiger charge is -2.38. The molecule has 1 nitrogen and oxygen atoms in total. The second-order valence-corrected chi connectivity index (χ2v) is 5.83. The van der Waals surface area contributed by atoms with E-state index in [9.17, 15) is 0 Å². The molecule has 3 atom stereocenters. The first kappa shape index (κ1) is 9.51. The monoisotopic (exact) mass is 182 g/mol. The van der Waals surface area contributed by atoms with Gasteiger partial charge in [-0.2, -0.15) is 0 Å². The van der Waals surface area contributed by atoms with E-state index in [4.69, 9.17) is 4.74 Å². The maximum Gasteiger partial charge on any atom is 0.0607 e. The number of ether oxygens (including phenoxy) is 1. The van der Waals surface area contributed by atoms with E-state index < -0.39 is 0 Å². The highest BCUT2D eigenvalue weighted by Gasteiger charge is 2.38. The van der Waals surface area contributed by atoms with Crippen LogP contribution < -0.4 is 0 Å². The van der Waals surface area contributed by atoms with Gasteiger partial charge in [0.05, 0.1) is 6.10 Å². The Hall–Kier alpha value is -0.0400. The van der Waals surface area contributed by atoms with Crippen molar-refractivity contribution in [2.24, 2.45) is 17.3 Å².